The first-order valence-electron chi connectivity index (χ1n) is 14.6. The molecule has 3 amide bonds. The maximum Gasteiger partial charge on any atom is 0.411 e. The Morgan fingerprint density at radius 2 is 1.31 bits per heavy atom. The van der Waals surface area contributed by atoms with Crippen LogP contribution in [0.3, 0.4) is 0 Å². The van der Waals surface area contributed by atoms with Crippen molar-refractivity contribution in [2.45, 2.75) is 78.2 Å². The van der Waals surface area contributed by atoms with Gasteiger partial charge in [0.25, 0.3) is 0 Å². The Morgan fingerprint density at radius 3 is 1.84 bits per heavy atom. The van der Waals surface area contributed by atoms with Crippen molar-refractivity contribution in [3.05, 3.63) is 54.1 Å². The summed E-state index contributed by atoms with van der Waals surface area (Å²) in [4.78, 5) is 52.0. The fourth-order valence-corrected chi connectivity index (χ4v) is 4.33. The molecule has 0 spiro atoms. The lowest BCUT2D eigenvalue weighted by molar-refractivity contribution is -0.158. The van der Waals surface area contributed by atoms with Gasteiger partial charge >= 0.3 is 24.1 Å². The van der Waals surface area contributed by atoms with Crippen LogP contribution in [0.2, 0.25) is 0 Å². The summed E-state index contributed by atoms with van der Waals surface area (Å²) in [6.45, 7) is 11.7. The number of benzene rings is 2. The second-order valence-electron chi connectivity index (χ2n) is 12.1. The molecule has 13 heteroatoms. The van der Waals surface area contributed by atoms with Crippen LogP contribution in [0.1, 0.15) is 59.9 Å². The number of carbonyl (C=O) groups is 4. The highest BCUT2D eigenvalue weighted by Crippen LogP contribution is 2.19. The Labute approximate surface area is 275 Å². The number of alkyl halides is 2. The van der Waals surface area contributed by atoms with Gasteiger partial charge in [-0.2, -0.15) is 0 Å². The van der Waals surface area contributed by atoms with E-state index in [0.29, 0.717) is 41.8 Å². The molecule has 11 nitrogen and oxygen atoms in total. The van der Waals surface area contributed by atoms with Crippen molar-refractivity contribution in [3.63, 3.8) is 0 Å². The Morgan fingerprint density at radius 1 is 0.778 bits per heavy atom. The van der Waals surface area contributed by atoms with E-state index >= 15 is 0 Å². The molecular formula is C32H44Cl2N4O7. The number of hydrogen-bond donors (Lipinski definition) is 3. The van der Waals surface area contributed by atoms with Gasteiger partial charge in [-0.15, -0.1) is 23.2 Å². The summed E-state index contributed by atoms with van der Waals surface area (Å²) in [6.07, 6.45) is -0.709. The largest absolute Gasteiger partial charge is 0.460 e. The Balaban J connectivity index is 1.89. The fraction of sp³-hybridized carbons (Fsp3) is 0.500. The van der Waals surface area contributed by atoms with Gasteiger partial charge in [0, 0.05) is 48.3 Å². The summed E-state index contributed by atoms with van der Waals surface area (Å²) in [5, 5.41) is 7.92. The number of carbonyl (C=O) groups excluding carboxylic acids is 4. The quantitative estimate of drug-likeness (QED) is 0.116. The highest BCUT2D eigenvalue weighted by molar-refractivity contribution is 6.18. The standard InChI is InChI=1S/C32H44Cl2N4O7/c1-31(2,3)44-27(39)16-15-26(28(40)45-32(4,5)6)37-29(41)35-23-9-7-22(8-10-23)21-43-30(42)36-24-11-13-25(14-12-24)38(19-17-33)20-18-34/h7-14,26H,15-21H2,1-6H3,(H,36,42)(H2,35,37,41)/t26-/m0/s1. The number of nitrogens with one attached hydrogen (secondary N) is 3. The number of rotatable bonds is 14. The lowest BCUT2D eigenvalue weighted by Crippen LogP contribution is -2.46. The SMILES string of the molecule is CC(C)(C)OC(=O)CC[C@H](NC(=O)Nc1ccc(COC(=O)Nc2ccc(N(CCCl)CCCl)cc2)cc1)C(=O)OC(C)(C)C. The minimum absolute atomic E-state index is 0.000238. The van der Waals surface area contributed by atoms with E-state index in [1.54, 1.807) is 77.9 Å². The van der Waals surface area contributed by atoms with Gasteiger partial charge in [0.05, 0.1) is 0 Å². The smallest absolute Gasteiger partial charge is 0.411 e. The highest BCUT2D eigenvalue weighted by Gasteiger charge is 2.28. The van der Waals surface area contributed by atoms with E-state index in [4.69, 9.17) is 37.4 Å². The van der Waals surface area contributed by atoms with Gasteiger partial charge in [-0.1, -0.05) is 12.1 Å². The van der Waals surface area contributed by atoms with Crippen molar-refractivity contribution in [3.8, 4) is 0 Å². The topological polar surface area (TPSA) is 135 Å². The average molecular weight is 668 g/mol. The molecule has 0 aromatic heterocycles. The van der Waals surface area contributed by atoms with Gasteiger partial charge in [0.15, 0.2) is 0 Å². The van der Waals surface area contributed by atoms with Crippen LogP contribution in [0.25, 0.3) is 0 Å². The number of amides is 3. The van der Waals surface area contributed by atoms with Crippen LogP contribution in [-0.4, -0.2) is 66.2 Å². The molecule has 0 radical (unpaired) electrons. The minimum Gasteiger partial charge on any atom is -0.460 e. The van der Waals surface area contributed by atoms with E-state index in [1.807, 2.05) is 12.1 Å². The fourth-order valence-electron chi connectivity index (χ4n) is 3.92. The Hall–Kier alpha value is -3.70. The molecule has 0 saturated heterocycles. The van der Waals surface area contributed by atoms with Gasteiger partial charge in [-0.05, 0) is 89.9 Å². The van der Waals surface area contributed by atoms with Crippen LogP contribution in [0.4, 0.5) is 26.7 Å². The zero-order chi connectivity index (χ0) is 33.6. The van der Waals surface area contributed by atoms with Crippen molar-refractivity contribution in [2.75, 3.05) is 40.4 Å². The van der Waals surface area contributed by atoms with Crippen LogP contribution < -0.4 is 20.9 Å². The lowest BCUT2D eigenvalue weighted by atomic mass is 10.1. The molecule has 0 aliphatic rings. The molecule has 0 heterocycles. The molecule has 2 rings (SSSR count). The average Bonchev–Trinajstić information content (AvgIpc) is 2.93. The molecule has 0 saturated carbocycles. The number of ether oxygens (including phenoxy) is 3. The van der Waals surface area contributed by atoms with Crippen molar-refractivity contribution in [1.82, 2.24) is 5.32 Å². The van der Waals surface area contributed by atoms with E-state index in [9.17, 15) is 19.2 Å². The van der Waals surface area contributed by atoms with E-state index in [1.165, 1.54) is 0 Å². The summed E-state index contributed by atoms with van der Waals surface area (Å²) < 4.78 is 16.1. The zero-order valence-corrected chi connectivity index (χ0v) is 28.2. The number of anilines is 3. The predicted molar refractivity (Wildman–Crippen MR) is 177 cm³/mol. The van der Waals surface area contributed by atoms with Crippen LogP contribution >= 0.6 is 23.2 Å². The molecule has 1 atom stereocenters. The molecule has 0 bridgehead atoms. The maximum absolute atomic E-state index is 12.7. The van der Waals surface area contributed by atoms with Crippen molar-refractivity contribution < 1.29 is 33.4 Å². The summed E-state index contributed by atoms with van der Waals surface area (Å²) in [6, 6.07) is 12.2. The molecule has 0 fully saturated rings. The summed E-state index contributed by atoms with van der Waals surface area (Å²) in [5.74, 6) is -0.212. The monoisotopic (exact) mass is 666 g/mol. The van der Waals surface area contributed by atoms with Crippen molar-refractivity contribution in [2.24, 2.45) is 0 Å². The third kappa shape index (κ3) is 15.2. The van der Waals surface area contributed by atoms with E-state index < -0.39 is 41.3 Å². The molecule has 3 N–H and O–H groups in total. The molecule has 2 aromatic carbocycles. The van der Waals surface area contributed by atoms with Gasteiger partial charge < -0.3 is 29.7 Å². The third-order valence-electron chi connectivity index (χ3n) is 5.82. The molecule has 2 aromatic rings. The number of halogens is 2. The van der Waals surface area contributed by atoms with Gasteiger partial charge in [0.1, 0.15) is 23.9 Å². The maximum atomic E-state index is 12.7. The second-order valence-corrected chi connectivity index (χ2v) is 12.9. The first-order chi connectivity index (χ1) is 21.1. The molecule has 0 aliphatic heterocycles. The number of urea groups is 1. The van der Waals surface area contributed by atoms with Crippen molar-refractivity contribution >= 4 is 64.3 Å². The van der Waals surface area contributed by atoms with Crippen LogP contribution in [-0.2, 0) is 30.4 Å². The first-order valence-corrected chi connectivity index (χ1v) is 15.7. The molecule has 45 heavy (non-hydrogen) atoms. The van der Waals surface area contributed by atoms with Crippen molar-refractivity contribution in [1.29, 1.82) is 0 Å². The molecule has 0 aliphatic carbocycles. The van der Waals surface area contributed by atoms with Crippen LogP contribution in [0, 0.1) is 0 Å². The van der Waals surface area contributed by atoms with Crippen LogP contribution in [0.5, 0.6) is 0 Å². The Kier molecular flexibility index (Phi) is 14.7. The normalized spacial score (nSPS) is 12.0. The number of hydrogen-bond acceptors (Lipinski definition) is 8. The number of esters is 2. The summed E-state index contributed by atoms with van der Waals surface area (Å²) in [7, 11) is 0. The second kappa shape index (κ2) is 17.7. The third-order valence-corrected chi connectivity index (χ3v) is 6.16. The van der Waals surface area contributed by atoms with Crippen LogP contribution in [0.15, 0.2) is 48.5 Å². The predicted octanol–water partition coefficient (Wildman–Crippen LogP) is 6.67. The Bertz CT molecular complexity index is 1250. The van der Waals surface area contributed by atoms with E-state index in [-0.39, 0.29) is 19.4 Å². The lowest BCUT2D eigenvalue weighted by Gasteiger charge is -2.25. The van der Waals surface area contributed by atoms with Gasteiger partial charge in [-0.25, -0.2) is 14.4 Å². The van der Waals surface area contributed by atoms with Gasteiger partial charge in [0.2, 0.25) is 0 Å². The van der Waals surface area contributed by atoms with Gasteiger partial charge in [-0.3, -0.25) is 10.1 Å². The highest BCUT2D eigenvalue weighted by atomic mass is 35.5. The van der Waals surface area contributed by atoms with E-state index in [2.05, 4.69) is 20.9 Å². The van der Waals surface area contributed by atoms with E-state index in [0.717, 1.165) is 5.69 Å². The number of nitrogens with zero attached hydrogens (tertiary/aromatic N) is 1. The minimum atomic E-state index is -1.07. The molecule has 248 valence electrons. The molecule has 0 unspecified atom stereocenters. The zero-order valence-electron chi connectivity index (χ0n) is 26.7. The first kappa shape index (κ1) is 37.5. The summed E-state index contributed by atoms with van der Waals surface area (Å²) >= 11 is 11.7. The molecular weight excluding hydrogens is 623 g/mol. The summed E-state index contributed by atoms with van der Waals surface area (Å²) in [5.41, 5.74) is 1.19.